The fraction of sp³-hybridized carbons (Fsp3) is 0.133. The van der Waals surface area contributed by atoms with Crippen LogP contribution in [0.1, 0.15) is 0 Å². The third-order valence-electron chi connectivity index (χ3n) is 6.37. The summed E-state index contributed by atoms with van der Waals surface area (Å²) in [5.41, 5.74) is 1.47. The van der Waals surface area contributed by atoms with Gasteiger partial charge >= 0.3 is 0 Å². The Hall–Kier alpha value is -4.32. The van der Waals surface area contributed by atoms with E-state index >= 15 is 8.78 Å². The minimum absolute atomic E-state index is 0.220. The molecule has 4 nitrogen and oxygen atoms in total. The summed E-state index contributed by atoms with van der Waals surface area (Å²) in [5.74, 6) is 0.954. The molecular formula is C30H24F2O4. The number of fused-ring (bicyclic) bond motifs is 2. The zero-order chi connectivity index (χ0) is 25.4. The van der Waals surface area contributed by atoms with E-state index in [1.165, 1.54) is 20.3 Å². The number of ether oxygens (including phenoxy) is 4. The molecular weight excluding hydrogens is 462 g/mol. The van der Waals surface area contributed by atoms with E-state index < -0.39 is 11.6 Å². The molecule has 182 valence electrons. The molecule has 0 saturated heterocycles. The van der Waals surface area contributed by atoms with E-state index in [1.807, 2.05) is 60.7 Å². The van der Waals surface area contributed by atoms with Crippen LogP contribution in [-0.2, 0) is 0 Å². The molecule has 0 atom stereocenters. The highest BCUT2D eigenvalue weighted by Gasteiger charge is 2.20. The van der Waals surface area contributed by atoms with Gasteiger partial charge in [0.05, 0.1) is 28.4 Å². The second-order valence-electron chi connectivity index (χ2n) is 8.34. The SMILES string of the molecule is COc1ccc2cc(-c3cc(-c4cc5ccc(OC)cc5cc4OC)c(F)cc3F)c(OC)cc2c1. The van der Waals surface area contributed by atoms with Crippen LogP contribution in [0.3, 0.4) is 0 Å². The topological polar surface area (TPSA) is 36.9 Å². The summed E-state index contributed by atoms with van der Waals surface area (Å²) in [4.78, 5) is 0. The van der Waals surface area contributed by atoms with Crippen molar-refractivity contribution in [2.24, 2.45) is 0 Å². The molecule has 0 N–H and O–H groups in total. The molecule has 0 heterocycles. The molecule has 0 aliphatic rings. The van der Waals surface area contributed by atoms with E-state index in [4.69, 9.17) is 18.9 Å². The molecule has 0 unspecified atom stereocenters. The van der Waals surface area contributed by atoms with Crippen molar-refractivity contribution in [1.29, 1.82) is 0 Å². The molecule has 0 bridgehead atoms. The largest absolute Gasteiger partial charge is 0.497 e. The van der Waals surface area contributed by atoms with Crippen molar-refractivity contribution in [3.63, 3.8) is 0 Å². The van der Waals surface area contributed by atoms with Crippen LogP contribution in [0.2, 0.25) is 0 Å². The zero-order valence-electron chi connectivity index (χ0n) is 20.3. The lowest BCUT2D eigenvalue weighted by Gasteiger charge is -2.16. The highest BCUT2D eigenvalue weighted by atomic mass is 19.1. The van der Waals surface area contributed by atoms with Crippen molar-refractivity contribution >= 4 is 21.5 Å². The van der Waals surface area contributed by atoms with Gasteiger partial charge in [-0.2, -0.15) is 0 Å². The smallest absolute Gasteiger partial charge is 0.134 e. The molecule has 0 fully saturated rings. The van der Waals surface area contributed by atoms with E-state index in [1.54, 1.807) is 14.2 Å². The van der Waals surface area contributed by atoms with E-state index in [2.05, 4.69) is 0 Å². The highest BCUT2D eigenvalue weighted by Crippen LogP contribution is 2.42. The van der Waals surface area contributed by atoms with Gasteiger partial charge < -0.3 is 18.9 Å². The maximum Gasteiger partial charge on any atom is 0.134 e. The molecule has 6 heteroatoms. The summed E-state index contributed by atoms with van der Waals surface area (Å²) in [5, 5.41) is 3.50. The lowest BCUT2D eigenvalue weighted by molar-refractivity contribution is 0.414. The lowest BCUT2D eigenvalue weighted by atomic mass is 9.94. The number of benzene rings is 5. The highest BCUT2D eigenvalue weighted by molar-refractivity contribution is 5.94. The van der Waals surface area contributed by atoms with Gasteiger partial charge in [-0.1, -0.05) is 12.1 Å². The summed E-state index contributed by atoms with van der Waals surface area (Å²) in [6, 6.07) is 20.9. The van der Waals surface area contributed by atoms with E-state index in [-0.39, 0.29) is 11.1 Å². The Labute approximate surface area is 207 Å². The van der Waals surface area contributed by atoms with E-state index in [0.29, 0.717) is 34.1 Å². The Morgan fingerprint density at radius 2 is 0.861 bits per heavy atom. The van der Waals surface area contributed by atoms with Gasteiger partial charge in [-0.05, 0) is 76.1 Å². The second-order valence-corrected chi connectivity index (χ2v) is 8.34. The maximum absolute atomic E-state index is 15.2. The van der Waals surface area contributed by atoms with Gasteiger partial charge in [-0.3, -0.25) is 0 Å². The summed E-state index contributed by atoms with van der Waals surface area (Å²) in [6.07, 6.45) is 0. The third kappa shape index (κ3) is 4.05. The average Bonchev–Trinajstić information content (AvgIpc) is 2.91. The Balaban J connectivity index is 1.72. The summed E-state index contributed by atoms with van der Waals surface area (Å²) in [7, 11) is 6.24. The van der Waals surface area contributed by atoms with Crippen molar-refractivity contribution in [1.82, 2.24) is 0 Å². The molecule has 0 amide bonds. The van der Waals surface area contributed by atoms with E-state index in [0.717, 1.165) is 27.6 Å². The zero-order valence-corrected chi connectivity index (χ0v) is 20.3. The molecule has 5 aromatic carbocycles. The molecule has 0 aliphatic heterocycles. The van der Waals surface area contributed by atoms with Gasteiger partial charge in [0.2, 0.25) is 0 Å². The van der Waals surface area contributed by atoms with Crippen LogP contribution in [0.4, 0.5) is 8.78 Å². The van der Waals surface area contributed by atoms with Crippen molar-refractivity contribution in [3.05, 3.63) is 84.4 Å². The molecule has 0 aromatic heterocycles. The Morgan fingerprint density at radius 1 is 0.417 bits per heavy atom. The number of halogens is 2. The minimum atomic E-state index is -0.688. The Bertz CT molecular complexity index is 1490. The van der Waals surface area contributed by atoms with Crippen molar-refractivity contribution in [2.45, 2.75) is 0 Å². The van der Waals surface area contributed by atoms with Crippen LogP contribution in [0.15, 0.2) is 72.8 Å². The fourth-order valence-corrected chi connectivity index (χ4v) is 4.48. The maximum atomic E-state index is 15.2. The standard InChI is InChI=1S/C30H24F2O4/c1-33-21-7-5-17-11-25(29(35-3)13-19(17)9-21)23-15-24(28(32)16-27(23)31)26-12-18-6-8-22(34-2)10-20(18)14-30(26)36-4/h5-16H,1-4H3. The van der Waals surface area contributed by atoms with Crippen molar-refractivity contribution in [3.8, 4) is 45.3 Å². The van der Waals surface area contributed by atoms with Crippen molar-refractivity contribution in [2.75, 3.05) is 28.4 Å². The Kier molecular flexibility index (Phi) is 6.10. The number of methoxy groups -OCH3 is 4. The normalized spacial score (nSPS) is 11.1. The Morgan fingerprint density at radius 3 is 1.25 bits per heavy atom. The first-order chi connectivity index (χ1) is 17.4. The lowest BCUT2D eigenvalue weighted by Crippen LogP contribution is -1.97. The molecule has 36 heavy (non-hydrogen) atoms. The molecule has 0 spiro atoms. The number of hydrogen-bond acceptors (Lipinski definition) is 4. The minimum Gasteiger partial charge on any atom is -0.497 e. The van der Waals surface area contributed by atoms with Crippen LogP contribution < -0.4 is 18.9 Å². The van der Waals surface area contributed by atoms with Crippen LogP contribution in [0.25, 0.3) is 43.8 Å². The summed E-state index contributed by atoms with van der Waals surface area (Å²) in [6.45, 7) is 0. The van der Waals surface area contributed by atoms with Crippen molar-refractivity contribution < 1.29 is 27.7 Å². The van der Waals surface area contributed by atoms with Gasteiger partial charge in [0.25, 0.3) is 0 Å². The predicted molar refractivity (Wildman–Crippen MR) is 138 cm³/mol. The molecule has 0 saturated carbocycles. The van der Waals surface area contributed by atoms with Gasteiger partial charge in [0.15, 0.2) is 0 Å². The first kappa shape index (κ1) is 23.4. The molecule has 5 rings (SSSR count). The molecule has 0 radical (unpaired) electrons. The summed E-state index contributed by atoms with van der Waals surface area (Å²) >= 11 is 0. The first-order valence-electron chi connectivity index (χ1n) is 11.3. The first-order valence-corrected chi connectivity index (χ1v) is 11.3. The number of rotatable bonds is 6. The monoisotopic (exact) mass is 486 g/mol. The second kappa shape index (κ2) is 9.38. The number of hydrogen-bond donors (Lipinski definition) is 0. The van der Waals surface area contributed by atoms with Crippen LogP contribution in [0, 0.1) is 11.6 Å². The van der Waals surface area contributed by atoms with Crippen LogP contribution >= 0.6 is 0 Å². The molecule has 0 aliphatic carbocycles. The van der Waals surface area contributed by atoms with Gasteiger partial charge in [0, 0.05) is 28.3 Å². The predicted octanol–water partition coefficient (Wildman–Crippen LogP) is 7.64. The van der Waals surface area contributed by atoms with E-state index in [9.17, 15) is 0 Å². The quantitative estimate of drug-likeness (QED) is 0.247. The average molecular weight is 487 g/mol. The summed E-state index contributed by atoms with van der Waals surface area (Å²) < 4.78 is 52.3. The van der Waals surface area contributed by atoms with Gasteiger partial charge in [-0.25, -0.2) is 8.78 Å². The molecule has 5 aromatic rings. The van der Waals surface area contributed by atoms with Crippen LogP contribution in [-0.4, -0.2) is 28.4 Å². The van der Waals surface area contributed by atoms with Gasteiger partial charge in [0.1, 0.15) is 34.6 Å². The fourth-order valence-electron chi connectivity index (χ4n) is 4.48. The van der Waals surface area contributed by atoms with Crippen LogP contribution in [0.5, 0.6) is 23.0 Å². The van der Waals surface area contributed by atoms with Gasteiger partial charge in [-0.15, -0.1) is 0 Å². The third-order valence-corrected chi connectivity index (χ3v) is 6.37.